The summed E-state index contributed by atoms with van der Waals surface area (Å²) in [7, 11) is 3.09. The van der Waals surface area contributed by atoms with Gasteiger partial charge >= 0.3 is 5.97 Å². The molecule has 1 N–H and O–H groups in total. The first kappa shape index (κ1) is 21.9. The number of hydrogen-bond acceptors (Lipinski definition) is 9. The fourth-order valence-corrected chi connectivity index (χ4v) is 3.18. The van der Waals surface area contributed by atoms with E-state index in [2.05, 4.69) is 15.5 Å². The van der Waals surface area contributed by atoms with Crippen LogP contribution in [-0.2, 0) is 33.8 Å². The van der Waals surface area contributed by atoms with Crippen molar-refractivity contribution in [1.82, 2.24) is 10.1 Å². The Hall–Kier alpha value is -4.34. The summed E-state index contributed by atoms with van der Waals surface area (Å²) in [6.45, 7) is -0.205. The normalized spacial score (nSPS) is 10.7. The van der Waals surface area contributed by atoms with Crippen LogP contribution in [0.3, 0.4) is 0 Å². The van der Waals surface area contributed by atoms with Gasteiger partial charge in [-0.15, -0.1) is 0 Å². The van der Waals surface area contributed by atoms with Gasteiger partial charge in [-0.1, -0.05) is 17.3 Å². The lowest BCUT2D eigenvalue weighted by Gasteiger charge is -2.08. The minimum atomic E-state index is -0.484. The third kappa shape index (κ3) is 5.29. The topological polar surface area (TPSA) is 126 Å². The van der Waals surface area contributed by atoms with Crippen molar-refractivity contribution < 1.29 is 32.7 Å². The second-order valence-corrected chi connectivity index (χ2v) is 6.99. The number of methoxy groups -OCH3 is 2. The number of fused-ring (bicyclic) bond motifs is 1. The molecule has 0 unspecified atom stereocenters. The first-order valence-corrected chi connectivity index (χ1v) is 9.99. The van der Waals surface area contributed by atoms with Gasteiger partial charge < -0.3 is 28.5 Å². The van der Waals surface area contributed by atoms with E-state index in [1.165, 1.54) is 13.4 Å². The van der Waals surface area contributed by atoms with E-state index >= 15 is 0 Å². The number of carbonyl (C=O) groups excluding carboxylic acids is 2. The number of nitrogens with zero attached hydrogens (tertiary/aromatic N) is 2. The zero-order valence-electron chi connectivity index (χ0n) is 18.0. The van der Waals surface area contributed by atoms with Crippen molar-refractivity contribution in [2.75, 3.05) is 19.5 Å². The Balaban J connectivity index is 1.29. The van der Waals surface area contributed by atoms with Crippen LogP contribution in [0, 0.1) is 0 Å². The summed E-state index contributed by atoms with van der Waals surface area (Å²) < 4.78 is 26.1. The molecule has 2 aromatic carbocycles. The Morgan fingerprint density at radius 2 is 1.91 bits per heavy atom. The van der Waals surface area contributed by atoms with Gasteiger partial charge in [0.1, 0.15) is 17.1 Å². The Morgan fingerprint density at radius 1 is 1.06 bits per heavy atom. The maximum Gasteiger partial charge on any atom is 0.310 e. The highest BCUT2D eigenvalue weighted by atomic mass is 16.6. The summed E-state index contributed by atoms with van der Waals surface area (Å²) >= 11 is 0. The van der Waals surface area contributed by atoms with Gasteiger partial charge in [-0.05, 0) is 24.3 Å². The fourth-order valence-electron chi connectivity index (χ4n) is 3.18. The molecule has 1 amide bonds. The standard InChI is InChI=1S/C23H21N3O7/c1-29-15-7-8-16-14(12-31-19(16)10-15)9-23(28)32-13-22-25-20(26-33-22)11-21(27)24-17-5-3-4-6-18(17)30-2/h3-8,10,12H,9,11,13H2,1-2H3,(H,24,27). The van der Waals surface area contributed by atoms with Crippen LogP contribution in [0.25, 0.3) is 11.0 Å². The van der Waals surface area contributed by atoms with Crippen molar-refractivity contribution in [2.45, 2.75) is 19.4 Å². The van der Waals surface area contributed by atoms with Crippen LogP contribution in [0.15, 0.2) is 57.7 Å². The highest BCUT2D eigenvalue weighted by molar-refractivity contribution is 5.93. The maximum atomic E-state index is 12.3. The van der Waals surface area contributed by atoms with Crippen molar-refractivity contribution in [3.05, 3.63) is 66.0 Å². The molecule has 4 rings (SSSR count). The van der Waals surface area contributed by atoms with Crippen LogP contribution >= 0.6 is 0 Å². The van der Waals surface area contributed by atoms with Crippen LogP contribution in [0.1, 0.15) is 17.3 Å². The van der Waals surface area contributed by atoms with Gasteiger partial charge in [0.25, 0.3) is 5.89 Å². The van der Waals surface area contributed by atoms with E-state index in [-0.39, 0.29) is 37.1 Å². The second kappa shape index (κ2) is 9.86. The highest BCUT2D eigenvalue weighted by Crippen LogP contribution is 2.26. The summed E-state index contributed by atoms with van der Waals surface area (Å²) in [6, 6.07) is 12.4. The number of esters is 1. The largest absolute Gasteiger partial charge is 0.497 e. The van der Waals surface area contributed by atoms with E-state index in [0.29, 0.717) is 28.3 Å². The summed E-state index contributed by atoms with van der Waals surface area (Å²) in [4.78, 5) is 28.6. The average molecular weight is 451 g/mol. The lowest BCUT2D eigenvalue weighted by Crippen LogP contribution is -2.15. The lowest BCUT2D eigenvalue weighted by atomic mass is 10.1. The first-order chi connectivity index (χ1) is 16.1. The zero-order valence-corrected chi connectivity index (χ0v) is 18.0. The molecular formula is C23H21N3O7. The summed E-state index contributed by atoms with van der Waals surface area (Å²) in [5.41, 5.74) is 1.84. The van der Waals surface area contributed by atoms with Crippen molar-refractivity contribution >= 4 is 28.5 Å². The number of anilines is 1. The van der Waals surface area contributed by atoms with Crippen molar-refractivity contribution in [3.8, 4) is 11.5 Å². The number of aromatic nitrogens is 2. The smallest absolute Gasteiger partial charge is 0.310 e. The molecule has 2 aromatic heterocycles. The van der Waals surface area contributed by atoms with Crippen LogP contribution in [0.5, 0.6) is 11.5 Å². The van der Waals surface area contributed by atoms with E-state index in [4.69, 9.17) is 23.2 Å². The molecule has 0 radical (unpaired) electrons. The molecule has 170 valence electrons. The van der Waals surface area contributed by atoms with Gasteiger partial charge in [0, 0.05) is 17.0 Å². The molecule has 10 nitrogen and oxygen atoms in total. The van der Waals surface area contributed by atoms with Gasteiger partial charge in [-0.25, -0.2) is 0 Å². The number of ether oxygens (including phenoxy) is 3. The van der Waals surface area contributed by atoms with Gasteiger partial charge in [0.2, 0.25) is 5.91 Å². The summed E-state index contributed by atoms with van der Waals surface area (Å²) in [6.07, 6.45) is 1.41. The van der Waals surface area contributed by atoms with Crippen molar-refractivity contribution in [1.29, 1.82) is 0 Å². The minimum absolute atomic E-state index is 0.0155. The predicted octanol–water partition coefficient (Wildman–Crippen LogP) is 3.30. The predicted molar refractivity (Wildman–Crippen MR) is 116 cm³/mol. The molecule has 4 aromatic rings. The molecular weight excluding hydrogens is 430 g/mol. The number of nitrogens with one attached hydrogen (secondary N) is 1. The summed E-state index contributed by atoms with van der Waals surface area (Å²) in [5.74, 6) is 0.633. The number of hydrogen-bond donors (Lipinski definition) is 1. The molecule has 0 saturated carbocycles. The van der Waals surface area contributed by atoms with E-state index in [1.54, 1.807) is 43.5 Å². The second-order valence-electron chi connectivity index (χ2n) is 6.99. The van der Waals surface area contributed by atoms with Crippen LogP contribution in [0.4, 0.5) is 5.69 Å². The van der Waals surface area contributed by atoms with Gasteiger partial charge in [0.05, 0.1) is 39.0 Å². The first-order valence-electron chi connectivity index (χ1n) is 9.99. The molecule has 0 atom stereocenters. The van der Waals surface area contributed by atoms with Gasteiger partial charge in [-0.2, -0.15) is 4.98 Å². The maximum absolute atomic E-state index is 12.3. The number of furan rings is 1. The number of amides is 1. The van der Waals surface area contributed by atoms with Crippen LogP contribution < -0.4 is 14.8 Å². The third-order valence-corrected chi connectivity index (χ3v) is 4.76. The third-order valence-electron chi connectivity index (χ3n) is 4.76. The lowest BCUT2D eigenvalue weighted by molar-refractivity contribution is -0.144. The Labute approximate surface area is 188 Å². The highest BCUT2D eigenvalue weighted by Gasteiger charge is 2.16. The summed E-state index contributed by atoms with van der Waals surface area (Å²) in [5, 5.41) is 7.28. The monoisotopic (exact) mass is 451 g/mol. The fraction of sp³-hybridized carbons (Fsp3) is 0.217. The number of carbonyl (C=O) groups is 2. The number of para-hydroxylation sites is 2. The molecule has 0 spiro atoms. The van der Waals surface area contributed by atoms with Crippen molar-refractivity contribution in [3.63, 3.8) is 0 Å². The van der Waals surface area contributed by atoms with E-state index in [1.807, 2.05) is 6.07 Å². The van der Waals surface area contributed by atoms with Crippen LogP contribution in [-0.4, -0.2) is 36.2 Å². The zero-order chi connectivity index (χ0) is 23.2. The average Bonchev–Trinajstić information content (AvgIpc) is 3.44. The van der Waals surface area contributed by atoms with E-state index < -0.39 is 5.97 Å². The number of rotatable bonds is 9. The Kier molecular flexibility index (Phi) is 6.53. The van der Waals surface area contributed by atoms with Gasteiger partial charge in [0.15, 0.2) is 12.4 Å². The van der Waals surface area contributed by atoms with E-state index in [0.717, 1.165) is 5.39 Å². The molecule has 0 saturated heterocycles. The SMILES string of the molecule is COc1ccc2c(CC(=O)OCc3nc(CC(=O)Nc4ccccc4OC)no3)coc2c1. The molecule has 0 fully saturated rings. The Bertz CT molecular complexity index is 1280. The molecule has 2 heterocycles. The van der Waals surface area contributed by atoms with E-state index in [9.17, 15) is 9.59 Å². The molecule has 0 bridgehead atoms. The number of benzene rings is 2. The molecule has 0 aliphatic heterocycles. The molecule has 0 aliphatic rings. The van der Waals surface area contributed by atoms with Crippen molar-refractivity contribution in [2.24, 2.45) is 0 Å². The molecule has 0 aliphatic carbocycles. The van der Waals surface area contributed by atoms with Gasteiger partial charge in [-0.3, -0.25) is 9.59 Å². The quantitative estimate of drug-likeness (QED) is 0.381. The molecule has 33 heavy (non-hydrogen) atoms. The molecule has 10 heteroatoms. The minimum Gasteiger partial charge on any atom is -0.497 e. The Morgan fingerprint density at radius 3 is 2.73 bits per heavy atom. The van der Waals surface area contributed by atoms with Crippen LogP contribution in [0.2, 0.25) is 0 Å².